The lowest BCUT2D eigenvalue weighted by Crippen LogP contribution is -2.13. The molecule has 0 spiro atoms. The van der Waals surface area contributed by atoms with Gasteiger partial charge in [0.25, 0.3) is 0 Å². The first-order valence-corrected chi connectivity index (χ1v) is 5.56. The summed E-state index contributed by atoms with van der Waals surface area (Å²) in [6.45, 7) is 1.65. The number of ether oxygens (including phenoxy) is 1. The van der Waals surface area contributed by atoms with Crippen LogP contribution in [0.25, 0.3) is 0 Å². The third-order valence-corrected chi connectivity index (χ3v) is 2.79. The summed E-state index contributed by atoms with van der Waals surface area (Å²) >= 11 is 0. The second-order valence-electron chi connectivity index (χ2n) is 2.98. The largest absolute Gasteiger partial charge is 0.495 e. The minimum absolute atomic E-state index is 0.0858. The van der Waals surface area contributed by atoms with Crippen molar-refractivity contribution in [1.29, 1.82) is 5.26 Å². The molecule has 0 aromatic heterocycles. The highest BCUT2D eigenvalue weighted by Gasteiger charge is 2.14. The fourth-order valence-corrected chi connectivity index (χ4v) is 1.88. The molecule has 6 heteroatoms. The van der Waals surface area contributed by atoms with Crippen molar-refractivity contribution in [3.05, 3.63) is 23.3 Å². The number of aryl methyl sites for hydroxylation is 1. The first kappa shape index (κ1) is 11.5. The number of nitrogens with two attached hydrogens (primary N) is 1. The van der Waals surface area contributed by atoms with Crippen molar-refractivity contribution in [2.24, 2.45) is 5.14 Å². The fraction of sp³-hybridized carbons (Fsp3) is 0.222. The molecule has 0 aliphatic heterocycles. The zero-order valence-electron chi connectivity index (χ0n) is 8.31. The van der Waals surface area contributed by atoms with Crippen molar-refractivity contribution in [2.45, 2.75) is 11.8 Å². The van der Waals surface area contributed by atoms with Crippen LogP contribution in [-0.4, -0.2) is 15.5 Å². The molecule has 0 aliphatic rings. The summed E-state index contributed by atoms with van der Waals surface area (Å²) in [5, 5.41) is 13.8. The van der Waals surface area contributed by atoms with Crippen molar-refractivity contribution in [3.63, 3.8) is 0 Å². The highest BCUT2D eigenvalue weighted by Crippen LogP contribution is 2.25. The van der Waals surface area contributed by atoms with Gasteiger partial charge in [0.2, 0.25) is 10.0 Å². The van der Waals surface area contributed by atoms with Crippen LogP contribution in [0.4, 0.5) is 0 Å². The Morgan fingerprint density at radius 2 is 2.07 bits per heavy atom. The Morgan fingerprint density at radius 1 is 1.47 bits per heavy atom. The van der Waals surface area contributed by atoms with Crippen molar-refractivity contribution in [3.8, 4) is 11.8 Å². The molecule has 0 saturated heterocycles. The van der Waals surface area contributed by atoms with Gasteiger partial charge in [-0.25, -0.2) is 13.6 Å². The van der Waals surface area contributed by atoms with Crippen LogP contribution in [0, 0.1) is 18.3 Å². The number of methoxy groups -OCH3 is 1. The maximum Gasteiger partial charge on any atom is 0.238 e. The Hall–Kier alpha value is -1.58. The second kappa shape index (κ2) is 3.88. The first-order chi connectivity index (χ1) is 6.90. The molecule has 5 nitrogen and oxygen atoms in total. The molecule has 0 fully saturated rings. The predicted molar refractivity (Wildman–Crippen MR) is 53.8 cm³/mol. The molecule has 0 saturated carbocycles. The van der Waals surface area contributed by atoms with Crippen LogP contribution in [0.2, 0.25) is 0 Å². The first-order valence-electron chi connectivity index (χ1n) is 4.01. The number of primary sulfonamides is 1. The molecular formula is C9H10N2O3S. The monoisotopic (exact) mass is 226 g/mol. The van der Waals surface area contributed by atoms with Crippen LogP contribution in [0.3, 0.4) is 0 Å². The average Bonchev–Trinajstić information content (AvgIpc) is 2.15. The summed E-state index contributed by atoms with van der Waals surface area (Å²) in [7, 11) is -2.37. The SMILES string of the molecule is COc1c(C)cc(S(N)(=O)=O)cc1C#N. The normalized spacial score (nSPS) is 10.8. The second-order valence-corrected chi connectivity index (χ2v) is 4.54. The number of rotatable bonds is 2. The van der Waals surface area contributed by atoms with Gasteiger partial charge in [-0.15, -0.1) is 0 Å². The van der Waals surface area contributed by atoms with Crippen LogP contribution in [0.1, 0.15) is 11.1 Å². The summed E-state index contributed by atoms with van der Waals surface area (Å²) in [5.74, 6) is 0.366. The Labute approximate surface area is 88.1 Å². The van der Waals surface area contributed by atoms with Gasteiger partial charge in [-0.2, -0.15) is 5.26 Å². The summed E-state index contributed by atoms with van der Waals surface area (Å²) < 4.78 is 27.1. The van der Waals surface area contributed by atoms with E-state index in [1.165, 1.54) is 19.2 Å². The van der Waals surface area contributed by atoms with Crippen LogP contribution < -0.4 is 9.88 Å². The van der Waals surface area contributed by atoms with E-state index >= 15 is 0 Å². The van der Waals surface area contributed by atoms with Gasteiger partial charge >= 0.3 is 0 Å². The topological polar surface area (TPSA) is 93.2 Å². The average molecular weight is 226 g/mol. The van der Waals surface area contributed by atoms with Gasteiger partial charge in [-0.05, 0) is 24.6 Å². The smallest absolute Gasteiger partial charge is 0.238 e. The molecule has 0 bridgehead atoms. The van der Waals surface area contributed by atoms with Gasteiger partial charge in [-0.3, -0.25) is 0 Å². The number of sulfonamides is 1. The van der Waals surface area contributed by atoms with Crippen molar-refractivity contribution >= 4 is 10.0 Å². The Kier molecular flexibility index (Phi) is 2.98. The zero-order chi connectivity index (χ0) is 11.6. The standard InChI is InChI=1S/C9H10N2O3S/c1-6-3-8(15(11,12)13)4-7(5-10)9(6)14-2/h3-4H,1-2H3,(H2,11,12,13). The number of hydrogen-bond acceptors (Lipinski definition) is 4. The van der Waals surface area contributed by atoms with E-state index in [4.69, 9.17) is 15.1 Å². The molecule has 0 atom stereocenters. The van der Waals surface area contributed by atoms with Crippen LogP contribution in [-0.2, 0) is 10.0 Å². The van der Waals surface area contributed by atoms with E-state index in [0.717, 1.165) is 0 Å². The molecule has 0 amide bonds. The van der Waals surface area contributed by atoms with E-state index in [0.29, 0.717) is 11.3 Å². The van der Waals surface area contributed by atoms with Crippen molar-refractivity contribution in [2.75, 3.05) is 7.11 Å². The van der Waals surface area contributed by atoms with Crippen molar-refractivity contribution < 1.29 is 13.2 Å². The molecule has 1 aromatic carbocycles. The van der Waals surface area contributed by atoms with Crippen molar-refractivity contribution in [1.82, 2.24) is 0 Å². The number of benzene rings is 1. The van der Waals surface area contributed by atoms with Crippen LogP contribution in [0.15, 0.2) is 17.0 Å². The number of nitriles is 1. The molecule has 1 aromatic rings. The van der Waals surface area contributed by atoms with Gasteiger partial charge in [-0.1, -0.05) is 0 Å². The maximum absolute atomic E-state index is 11.1. The predicted octanol–water partition coefficient (Wildman–Crippen LogP) is 0.523. The zero-order valence-corrected chi connectivity index (χ0v) is 9.13. The molecule has 15 heavy (non-hydrogen) atoms. The lowest BCUT2D eigenvalue weighted by atomic mass is 10.1. The highest BCUT2D eigenvalue weighted by atomic mass is 32.2. The van der Waals surface area contributed by atoms with E-state index in [1.807, 2.05) is 6.07 Å². The number of nitrogens with zero attached hydrogens (tertiary/aromatic N) is 1. The Balaban J connectivity index is 3.55. The molecule has 2 N–H and O–H groups in total. The molecule has 0 heterocycles. The van der Waals surface area contributed by atoms with E-state index in [2.05, 4.69) is 0 Å². The molecule has 1 rings (SSSR count). The minimum Gasteiger partial charge on any atom is -0.495 e. The van der Waals surface area contributed by atoms with Crippen LogP contribution >= 0.6 is 0 Å². The lowest BCUT2D eigenvalue weighted by Gasteiger charge is -2.08. The van der Waals surface area contributed by atoms with Gasteiger partial charge < -0.3 is 4.74 Å². The number of hydrogen-bond donors (Lipinski definition) is 1. The Morgan fingerprint density at radius 3 is 2.47 bits per heavy atom. The Bertz CT molecular complexity index is 529. The maximum atomic E-state index is 11.1. The van der Waals surface area contributed by atoms with Gasteiger partial charge in [0, 0.05) is 0 Å². The summed E-state index contributed by atoms with van der Waals surface area (Å²) in [4.78, 5) is -0.0858. The fourth-order valence-electron chi connectivity index (χ4n) is 1.26. The molecule has 0 unspecified atom stereocenters. The van der Waals surface area contributed by atoms with Gasteiger partial charge in [0.1, 0.15) is 11.8 Å². The van der Waals surface area contributed by atoms with E-state index in [-0.39, 0.29) is 10.5 Å². The molecule has 80 valence electrons. The quantitative estimate of drug-likeness (QED) is 0.795. The third-order valence-electron chi connectivity index (χ3n) is 1.90. The summed E-state index contributed by atoms with van der Waals surface area (Å²) in [5.41, 5.74) is 0.710. The van der Waals surface area contributed by atoms with Gasteiger partial charge in [0.05, 0.1) is 17.6 Å². The molecule has 0 radical (unpaired) electrons. The van der Waals surface area contributed by atoms with E-state index in [1.54, 1.807) is 6.92 Å². The minimum atomic E-state index is -3.79. The molecular weight excluding hydrogens is 216 g/mol. The van der Waals surface area contributed by atoms with Gasteiger partial charge in [0.15, 0.2) is 0 Å². The molecule has 0 aliphatic carbocycles. The lowest BCUT2D eigenvalue weighted by molar-refractivity contribution is 0.410. The van der Waals surface area contributed by atoms with E-state index < -0.39 is 10.0 Å². The highest BCUT2D eigenvalue weighted by molar-refractivity contribution is 7.89. The van der Waals surface area contributed by atoms with Crippen LogP contribution in [0.5, 0.6) is 5.75 Å². The summed E-state index contributed by atoms with van der Waals surface area (Å²) in [6.07, 6.45) is 0. The van der Waals surface area contributed by atoms with E-state index in [9.17, 15) is 8.42 Å². The summed E-state index contributed by atoms with van der Waals surface area (Å²) in [6, 6.07) is 4.42. The third kappa shape index (κ3) is 2.26.